The second-order valence-electron chi connectivity index (χ2n) is 8.72. The minimum atomic E-state index is -1.26. The number of hydrogen-bond acceptors (Lipinski definition) is 12. The van der Waals surface area contributed by atoms with Crippen molar-refractivity contribution in [1.82, 2.24) is 30.4 Å². The van der Waals surface area contributed by atoms with Crippen LogP contribution in [0.15, 0.2) is 76.2 Å². The van der Waals surface area contributed by atoms with Crippen LogP contribution in [0, 0.1) is 0 Å². The zero-order chi connectivity index (χ0) is 29.1. The van der Waals surface area contributed by atoms with Gasteiger partial charge in [-0.1, -0.05) is 35.1 Å². The van der Waals surface area contributed by atoms with Crippen LogP contribution in [-0.4, -0.2) is 87.7 Å². The third kappa shape index (κ3) is 5.78. The highest BCUT2D eigenvalue weighted by Crippen LogP contribution is 2.41. The molecule has 1 unspecified atom stereocenters. The number of benzene rings is 2. The molecule has 0 aliphatic carbocycles. The van der Waals surface area contributed by atoms with Gasteiger partial charge in [0.15, 0.2) is 5.71 Å². The number of carboxylic acid groups (broad SMARTS) is 1. The highest BCUT2D eigenvalue weighted by molar-refractivity contribution is 8.01. The molecule has 2 aromatic carbocycles. The van der Waals surface area contributed by atoms with E-state index in [9.17, 15) is 29.4 Å². The molecule has 1 saturated heterocycles. The van der Waals surface area contributed by atoms with E-state index >= 15 is 0 Å². The van der Waals surface area contributed by atoms with E-state index in [1.807, 2.05) is 0 Å². The molecule has 2 aliphatic rings. The number of aliphatic carboxylic acids is 1. The summed E-state index contributed by atoms with van der Waals surface area (Å²) >= 11 is 2.54. The Morgan fingerprint density at radius 1 is 1.15 bits per heavy atom. The van der Waals surface area contributed by atoms with Gasteiger partial charge in [-0.2, -0.15) is 0 Å². The van der Waals surface area contributed by atoms with Gasteiger partial charge >= 0.3 is 11.9 Å². The lowest BCUT2D eigenvalue weighted by atomic mass is 10.0. The summed E-state index contributed by atoms with van der Waals surface area (Å²) in [6.45, 7) is 0. The normalized spacial score (nSPS) is 18.4. The maximum atomic E-state index is 13.3. The molecule has 0 bridgehead atoms. The monoisotopic (exact) mass is 595 g/mol. The molecule has 1 aromatic heterocycles. The summed E-state index contributed by atoms with van der Waals surface area (Å²) in [6, 6.07) is 12.4. The standard InChI is InChI=1S/C25H21N7O7S2/c1-31-25(27-29-30-31)41-12-15-11-40-22-18(21(35)32(22)19(15)23(36)37)26-20(34)17(13-7-9-16(33)10-8-13)28-39-24(38)14-5-3-2-4-6-14/h2-10,18,22,33H,11-12H2,1H3,(H,26,34)(H,36,37)/t18?,22-/m1/s1. The van der Waals surface area contributed by atoms with Crippen LogP contribution in [0.4, 0.5) is 0 Å². The summed E-state index contributed by atoms with van der Waals surface area (Å²) < 4.78 is 1.45. The van der Waals surface area contributed by atoms with Crippen molar-refractivity contribution in [2.24, 2.45) is 12.2 Å². The molecule has 3 heterocycles. The van der Waals surface area contributed by atoms with Gasteiger partial charge in [0.1, 0.15) is 22.9 Å². The smallest absolute Gasteiger partial charge is 0.365 e. The van der Waals surface area contributed by atoms with Crippen LogP contribution in [0.3, 0.4) is 0 Å². The number of aromatic nitrogens is 4. The average Bonchev–Trinajstić information content (AvgIpc) is 3.39. The molecule has 5 rings (SSSR count). The van der Waals surface area contributed by atoms with Gasteiger partial charge in [-0.25, -0.2) is 14.3 Å². The third-order valence-electron chi connectivity index (χ3n) is 6.08. The molecule has 14 nitrogen and oxygen atoms in total. The molecular formula is C25H21N7O7S2. The van der Waals surface area contributed by atoms with Crippen molar-refractivity contribution in [1.29, 1.82) is 0 Å². The summed E-state index contributed by atoms with van der Waals surface area (Å²) in [5, 5.41) is 36.9. The number of thioether (sulfide) groups is 2. The first-order chi connectivity index (χ1) is 19.7. The number of phenols is 1. The van der Waals surface area contributed by atoms with Crippen LogP contribution in [0.1, 0.15) is 15.9 Å². The van der Waals surface area contributed by atoms with E-state index in [1.165, 1.54) is 64.6 Å². The quantitative estimate of drug-likeness (QED) is 0.105. The maximum absolute atomic E-state index is 13.3. The Labute approximate surface area is 240 Å². The van der Waals surface area contributed by atoms with E-state index < -0.39 is 35.2 Å². The lowest BCUT2D eigenvalue weighted by molar-refractivity contribution is -0.150. The predicted octanol–water partition coefficient (Wildman–Crippen LogP) is 1.01. The van der Waals surface area contributed by atoms with Crippen molar-refractivity contribution in [3.05, 3.63) is 77.0 Å². The Morgan fingerprint density at radius 2 is 1.88 bits per heavy atom. The van der Waals surface area contributed by atoms with E-state index in [4.69, 9.17) is 4.84 Å². The topological polar surface area (TPSA) is 189 Å². The van der Waals surface area contributed by atoms with Crippen LogP contribution in [0.5, 0.6) is 5.75 Å². The minimum Gasteiger partial charge on any atom is -0.508 e. The number of carboxylic acids is 1. The predicted molar refractivity (Wildman–Crippen MR) is 146 cm³/mol. The molecule has 0 radical (unpaired) electrons. The molecule has 3 aromatic rings. The van der Waals surface area contributed by atoms with E-state index in [2.05, 4.69) is 26.0 Å². The van der Waals surface area contributed by atoms with Crippen molar-refractivity contribution < 1.29 is 34.2 Å². The molecule has 2 amide bonds. The summed E-state index contributed by atoms with van der Waals surface area (Å²) in [5.41, 5.74) is 0.483. The van der Waals surface area contributed by atoms with Gasteiger partial charge in [0.25, 0.3) is 11.8 Å². The van der Waals surface area contributed by atoms with E-state index in [0.29, 0.717) is 16.5 Å². The Balaban J connectivity index is 1.33. The number of hydrogen-bond donors (Lipinski definition) is 3. The lowest BCUT2D eigenvalue weighted by Crippen LogP contribution is -2.71. The van der Waals surface area contributed by atoms with Crippen molar-refractivity contribution in [3.8, 4) is 5.75 Å². The van der Waals surface area contributed by atoms with E-state index in [0.717, 1.165) is 4.90 Å². The van der Waals surface area contributed by atoms with Crippen molar-refractivity contribution in [3.63, 3.8) is 0 Å². The molecule has 0 spiro atoms. The van der Waals surface area contributed by atoms with Crippen LogP contribution in [0.2, 0.25) is 0 Å². The second kappa shape index (κ2) is 11.8. The number of carbonyl (C=O) groups excluding carboxylic acids is 3. The zero-order valence-electron chi connectivity index (χ0n) is 21.2. The van der Waals surface area contributed by atoms with Gasteiger partial charge in [0.2, 0.25) is 5.16 Å². The fraction of sp³-hybridized carbons (Fsp3) is 0.200. The number of carbonyl (C=O) groups is 4. The van der Waals surface area contributed by atoms with E-state index in [1.54, 1.807) is 25.2 Å². The molecule has 0 saturated carbocycles. The van der Waals surface area contributed by atoms with Gasteiger partial charge in [-0.15, -0.1) is 16.9 Å². The van der Waals surface area contributed by atoms with Gasteiger partial charge in [0.05, 0.1) is 5.56 Å². The SMILES string of the molecule is Cn1nnnc1SCC1=C(C(=O)O)N2C(=O)C(NC(=O)C(=NOC(=O)c3ccccc3)c3ccc(O)cc3)[C@H]2SC1. The number of fused-ring (bicyclic) bond motifs is 1. The lowest BCUT2D eigenvalue weighted by Gasteiger charge is -2.49. The largest absolute Gasteiger partial charge is 0.508 e. The third-order valence-corrected chi connectivity index (χ3v) is 8.51. The number of aromatic hydroxyl groups is 1. The van der Waals surface area contributed by atoms with Crippen LogP contribution in [-0.2, 0) is 26.3 Å². The average molecular weight is 596 g/mol. The zero-order valence-corrected chi connectivity index (χ0v) is 22.8. The number of β-lactam (4-membered cyclic amide) rings is 1. The van der Waals surface area contributed by atoms with Gasteiger partial charge < -0.3 is 20.4 Å². The molecule has 41 heavy (non-hydrogen) atoms. The Hall–Kier alpha value is -4.70. The molecular weight excluding hydrogens is 574 g/mol. The summed E-state index contributed by atoms with van der Waals surface area (Å²) in [4.78, 5) is 57.2. The first kappa shape index (κ1) is 27.9. The number of tetrazole rings is 1. The summed E-state index contributed by atoms with van der Waals surface area (Å²) in [5.74, 6) is -3.01. The molecule has 16 heteroatoms. The number of amides is 2. The molecule has 210 valence electrons. The Bertz CT molecular complexity index is 1570. The fourth-order valence-electron chi connectivity index (χ4n) is 4.06. The molecule has 1 fully saturated rings. The fourth-order valence-corrected chi connectivity index (χ4v) is 6.39. The van der Waals surface area contributed by atoms with E-state index in [-0.39, 0.29) is 34.0 Å². The van der Waals surface area contributed by atoms with Crippen LogP contribution in [0.25, 0.3) is 0 Å². The van der Waals surface area contributed by atoms with Gasteiger partial charge in [-0.3, -0.25) is 14.5 Å². The Kier molecular flexibility index (Phi) is 8.02. The van der Waals surface area contributed by atoms with Crippen molar-refractivity contribution in [2.75, 3.05) is 11.5 Å². The minimum absolute atomic E-state index is 0.0596. The second-order valence-corrected chi connectivity index (χ2v) is 10.8. The summed E-state index contributed by atoms with van der Waals surface area (Å²) in [7, 11) is 1.66. The number of rotatable bonds is 9. The van der Waals surface area contributed by atoms with Crippen LogP contribution < -0.4 is 5.32 Å². The first-order valence-corrected chi connectivity index (χ1v) is 14.0. The molecule has 3 N–H and O–H groups in total. The maximum Gasteiger partial charge on any atom is 0.365 e. The van der Waals surface area contributed by atoms with Crippen molar-refractivity contribution in [2.45, 2.75) is 16.6 Å². The number of aryl methyl sites for hydroxylation is 1. The molecule has 2 aliphatic heterocycles. The number of nitrogens with zero attached hydrogens (tertiary/aromatic N) is 6. The summed E-state index contributed by atoms with van der Waals surface area (Å²) in [6.07, 6.45) is 0. The van der Waals surface area contributed by atoms with Gasteiger partial charge in [0, 0.05) is 24.1 Å². The van der Waals surface area contributed by atoms with Gasteiger partial charge in [-0.05, 0) is 52.4 Å². The first-order valence-electron chi connectivity index (χ1n) is 11.9. The van der Waals surface area contributed by atoms with Crippen LogP contribution >= 0.6 is 23.5 Å². The number of nitrogens with one attached hydrogen (secondary N) is 1. The molecule has 2 atom stereocenters. The number of oxime groups is 1. The van der Waals surface area contributed by atoms with Crippen molar-refractivity contribution >= 4 is 53.0 Å². The highest BCUT2D eigenvalue weighted by Gasteiger charge is 2.54. The highest BCUT2D eigenvalue weighted by atomic mass is 32.2. The Morgan fingerprint density at radius 3 is 2.54 bits per heavy atom. The number of phenolic OH excluding ortho intramolecular Hbond substituents is 1.